The molecule has 0 aliphatic heterocycles. The summed E-state index contributed by atoms with van der Waals surface area (Å²) in [6, 6.07) is 12.1. The molecule has 2 aromatic carbocycles. The monoisotopic (exact) mass is 398 g/mol. The van der Waals surface area contributed by atoms with Crippen molar-refractivity contribution in [3.8, 4) is 5.75 Å². The fourth-order valence-electron chi connectivity index (χ4n) is 2.94. The summed E-state index contributed by atoms with van der Waals surface area (Å²) in [5.41, 5.74) is 3.02. The molecule has 0 spiro atoms. The standard InChI is InChI=1S/C21H22N2O2S2/c1-5-10-23-17-8-7-16(26-4)13-19(17)27-21(23)22-20(24)12-15-6-9-18(25-3)14(2)11-15/h5-9,11,13H,1,10,12H2,2-4H3. The number of aromatic nitrogens is 1. The molecule has 0 aliphatic carbocycles. The first-order valence-corrected chi connectivity index (χ1v) is 10.6. The average molecular weight is 399 g/mol. The highest BCUT2D eigenvalue weighted by Gasteiger charge is 2.09. The van der Waals surface area contributed by atoms with E-state index in [1.807, 2.05) is 35.8 Å². The second kappa shape index (κ2) is 8.59. The number of thiazole rings is 1. The number of benzene rings is 2. The molecule has 0 saturated carbocycles. The van der Waals surface area contributed by atoms with Crippen LogP contribution in [-0.2, 0) is 17.8 Å². The van der Waals surface area contributed by atoms with Crippen LogP contribution in [0.5, 0.6) is 5.75 Å². The minimum absolute atomic E-state index is 0.158. The van der Waals surface area contributed by atoms with E-state index in [0.29, 0.717) is 11.3 Å². The Morgan fingerprint density at radius 3 is 2.81 bits per heavy atom. The van der Waals surface area contributed by atoms with Crippen molar-refractivity contribution in [2.45, 2.75) is 24.8 Å². The Bertz CT molecular complexity index is 1060. The summed E-state index contributed by atoms with van der Waals surface area (Å²) in [6.45, 7) is 6.42. The SMILES string of the molecule is C=CCn1c(=NC(=O)Cc2ccc(OC)c(C)c2)sc2cc(SC)ccc21. The lowest BCUT2D eigenvalue weighted by Crippen LogP contribution is -2.16. The number of carbonyl (C=O) groups excluding carboxylic acids is 1. The first-order chi connectivity index (χ1) is 13.0. The highest BCUT2D eigenvalue weighted by Crippen LogP contribution is 2.24. The number of fused-ring (bicyclic) bond motifs is 1. The van der Waals surface area contributed by atoms with Crippen LogP contribution in [0.4, 0.5) is 0 Å². The van der Waals surface area contributed by atoms with Gasteiger partial charge in [-0.25, -0.2) is 0 Å². The van der Waals surface area contributed by atoms with Gasteiger partial charge in [-0.05, 0) is 48.6 Å². The number of allylic oxidation sites excluding steroid dienone is 1. The molecule has 0 aliphatic rings. The lowest BCUT2D eigenvalue weighted by Gasteiger charge is -2.06. The van der Waals surface area contributed by atoms with E-state index in [0.717, 1.165) is 27.1 Å². The molecule has 1 aromatic heterocycles. The van der Waals surface area contributed by atoms with Crippen molar-refractivity contribution in [2.75, 3.05) is 13.4 Å². The zero-order chi connectivity index (χ0) is 19.4. The molecule has 0 N–H and O–H groups in total. The molecule has 0 atom stereocenters. The van der Waals surface area contributed by atoms with Crippen molar-refractivity contribution in [2.24, 2.45) is 4.99 Å². The highest BCUT2D eigenvalue weighted by molar-refractivity contribution is 7.98. The zero-order valence-electron chi connectivity index (χ0n) is 15.7. The van der Waals surface area contributed by atoms with Crippen LogP contribution < -0.4 is 9.54 Å². The number of carbonyl (C=O) groups is 1. The van der Waals surface area contributed by atoms with Crippen molar-refractivity contribution >= 4 is 39.2 Å². The molecule has 6 heteroatoms. The molecular weight excluding hydrogens is 376 g/mol. The molecule has 0 saturated heterocycles. The van der Waals surface area contributed by atoms with Gasteiger partial charge >= 0.3 is 0 Å². The third kappa shape index (κ3) is 4.34. The van der Waals surface area contributed by atoms with Crippen LogP contribution in [0, 0.1) is 6.92 Å². The molecule has 140 valence electrons. The van der Waals surface area contributed by atoms with E-state index < -0.39 is 0 Å². The lowest BCUT2D eigenvalue weighted by atomic mass is 10.1. The molecular formula is C21H22N2O2S2. The maximum Gasteiger partial charge on any atom is 0.252 e. The predicted octanol–water partition coefficient (Wildman–Crippen LogP) is 4.60. The molecule has 3 rings (SSSR count). The number of hydrogen-bond acceptors (Lipinski definition) is 4. The Morgan fingerprint density at radius 2 is 2.15 bits per heavy atom. The second-order valence-corrected chi connectivity index (χ2v) is 7.99. The normalized spacial score (nSPS) is 11.7. The van der Waals surface area contributed by atoms with Crippen molar-refractivity contribution in [1.29, 1.82) is 0 Å². The molecule has 0 radical (unpaired) electrons. The van der Waals surface area contributed by atoms with Crippen LogP contribution in [0.25, 0.3) is 10.2 Å². The molecule has 4 nitrogen and oxygen atoms in total. The molecule has 27 heavy (non-hydrogen) atoms. The molecule has 0 fully saturated rings. The largest absolute Gasteiger partial charge is 0.496 e. The summed E-state index contributed by atoms with van der Waals surface area (Å²) in [5, 5.41) is 0. The first kappa shape index (κ1) is 19.5. The van der Waals surface area contributed by atoms with Gasteiger partial charge in [-0.2, -0.15) is 4.99 Å². The Balaban J connectivity index is 1.96. The summed E-state index contributed by atoms with van der Waals surface area (Å²) < 4.78 is 8.43. The minimum Gasteiger partial charge on any atom is -0.496 e. The molecule has 0 bridgehead atoms. The van der Waals surface area contributed by atoms with Gasteiger partial charge in [-0.3, -0.25) is 4.79 Å². The number of ether oxygens (including phenoxy) is 1. The molecule has 3 aromatic rings. The summed E-state index contributed by atoms with van der Waals surface area (Å²) in [6.07, 6.45) is 4.15. The lowest BCUT2D eigenvalue weighted by molar-refractivity contribution is -0.117. The quantitative estimate of drug-likeness (QED) is 0.450. The first-order valence-electron chi connectivity index (χ1n) is 8.55. The van der Waals surface area contributed by atoms with Crippen molar-refractivity contribution in [1.82, 2.24) is 4.57 Å². The van der Waals surface area contributed by atoms with E-state index in [4.69, 9.17) is 4.74 Å². The smallest absolute Gasteiger partial charge is 0.252 e. The fraction of sp³-hybridized carbons (Fsp3) is 0.238. The van der Waals surface area contributed by atoms with Crippen LogP contribution in [0.15, 0.2) is 58.9 Å². The summed E-state index contributed by atoms with van der Waals surface area (Å²) >= 11 is 3.24. The third-order valence-corrected chi connectivity index (χ3v) is 6.00. The van der Waals surface area contributed by atoms with Crippen LogP contribution in [0.2, 0.25) is 0 Å². The summed E-state index contributed by atoms with van der Waals surface area (Å²) in [4.78, 5) is 18.9. The van der Waals surface area contributed by atoms with Crippen molar-refractivity contribution in [3.05, 3.63) is 65.0 Å². The second-order valence-electron chi connectivity index (χ2n) is 6.10. The van der Waals surface area contributed by atoms with Gasteiger partial charge in [0.05, 0.1) is 23.7 Å². The topological polar surface area (TPSA) is 43.6 Å². The van der Waals surface area contributed by atoms with E-state index in [1.165, 1.54) is 16.2 Å². The van der Waals surface area contributed by atoms with Crippen LogP contribution in [0.1, 0.15) is 11.1 Å². The van der Waals surface area contributed by atoms with Crippen LogP contribution in [0.3, 0.4) is 0 Å². The highest BCUT2D eigenvalue weighted by atomic mass is 32.2. The summed E-state index contributed by atoms with van der Waals surface area (Å²) in [5.74, 6) is 0.662. The Hall–Kier alpha value is -2.31. The molecule has 0 unspecified atom stereocenters. The van der Waals surface area contributed by atoms with Gasteiger partial charge in [-0.15, -0.1) is 18.3 Å². The number of thioether (sulfide) groups is 1. The van der Waals surface area contributed by atoms with Gasteiger partial charge in [-0.1, -0.05) is 29.5 Å². The van der Waals surface area contributed by atoms with Gasteiger partial charge in [0.15, 0.2) is 4.80 Å². The number of aryl methyl sites for hydroxylation is 1. The fourth-order valence-corrected chi connectivity index (χ4v) is 4.55. The van der Waals surface area contributed by atoms with E-state index in [1.54, 1.807) is 18.9 Å². The van der Waals surface area contributed by atoms with Gasteiger partial charge in [0, 0.05) is 11.4 Å². The average Bonchev–Trinajstić information content (AvgIpc) is 2.98. The van der Waals surface area contributed by atoms with Crippen molar-refractivity contribution < 1.29 is 9.53 Å². The van der Waals surface area contributed by atoms with E-state index in [9.17, 15) is 4.79 Å². The van der Waals surface area contributed by atoms with E-state index in [2.05, 4.69) is 36.0 Å². The number of nitrogens with zero attached hydrogens (tertiary/aromatic N) is 2. The Kier molecular flexibility index (Phi) is 6.19. The maximum atomic E-state index is 12.6. The molecule has 1 heterocycles. The molecule has 1 amide bonds. The van der Waals surface area contributed by atoms with Gasteiger partial charge in [0.25, 0.3) is 5.91 Å². The Morgan fingerprint density at radius 1 is 1.33 bits per heavy atom. The van der Waals surface area contributed by atoms with Crippen LogP contribution in [-0.4, -0.2) is 23.8 Å². The Labute approximate surface area is 167 Å². The van der Waals surface area contributed by atoms with Gasteiger partial charge < -0.3 is 9.30 Å². The van der Waals surface area contributed by atoms with E-state index in [-0.39, 0.29) is 12.3 Å². The third-order valence-electron chi connectivity index (χ3n) is 4.24. The van der Waals surface area contributed by atoms with Gasteiger partial charge in [0.2, 0.25) is 0 Å². The summed E-state index contributed by atoms with van der Waals surface area (Å²) in [7, 11) is 1.64. The maximum absolute atomic E-state index is 12.6. The minimum atomic E-state index is -0.158. The zero-order valence-corrected chi connectivity index (χ0v) is 17.3. The number of methoxy groups -OCH3 is 1. The van der Waals surface area contributed by atoms with Crippen molar-refractivity contribution in [3.63, 3.8) is 0 Å². The van der Waals surface area contributed by atoms with Crippen LogP contribution >= 0.6 is 23.1 Å². The van der Waals surface area contributed by atoms with Gasteiger partial charge in [0.1, 0.15) is 5.75 Å². The number of rotatable bonds is 6. The predicted molar refractivity (Wildman–Crippen MR) is 114 cm³/mol. The van der Waals surface area contributed by atoms with E-state index >= 15 is 0 Å². The number of amides is 1. The number of hydrogen-bond donors (Lipinski definition) is 0.